The molecular weight excluding hydrogens is 220 g/mol. The molecule has 0 aliphatic heterocycles. The minimum absolute atomic E-state index is 0.197. The van der Waals surface area contributed by atoms with Crippen molar-refractivity contribution in [3.05, 3.63) is 29.5 Å². The molecular formula is C12H14N2O3. The molecule has 1 heterocycles. The van der Waals surface area contributed by atoms with Crippen molar-refractivity contribution in [2.24, 2.45) is 5.73 Å². The third-order valence-electron chi connectivity index (χ3n) is 2.92. The quantitative estimate of drug-likeness (QED) is 0.639. The van der Waals surface area contributed by atoms with Crippen molar-refractivity contribution in [1.82, 2.24) is 4.98 Å². The van der Waals surface area contributed by atoms with Crippen LogP contribution in [0.2, 0.25) is 0 Å². The van der Waals surface area contributed by atoms with Gasteiger partial charge in [-0.2, -0.15) is 0 Å². The van der Waals surface area contributed by atoms with Crippen LogP contribution in [0.15, 0.2) is 18.3 Å². The fraction of sp³-hybridized carbons (Fsp3) is 0.250. The van der Waals surface area contributed by atoms with Crippen molar-refractivity contribution in [2.45, 2.75) is 19.4 Å². The van der Waals surface area contributed by atoms with Crippen LogP contribution >= 0.6 is 0 Å². The van der Waals surface area contributed by atoms with Gasteiger partial charge in [0.1, 0.15) is 11.8 Å². The zero-order valence-corrected chi connectivity index (χ0v) is 9.40. The van der Waals surface area contributed by atoms with Crippen LogP contribution < -0.4 is 5.73 Å². The van der Waals surface area contributed by atoms with Gasteiger partial charge in [0.25, 0.3) is 0 Å². The summed E-state index contributed by atoms with van der Waals surface area (Å²) < 4.78 is 0. The number of hydrogen-bond donors (Lipinski definition) is 4. The summed E-state index contributed by atoms with van der Waals surface area (Å²) in [6, 6.07) is 2.43. The lowest BCUT2D eigenvalue weighted by Gasteiger charge is -2.07. The smallest absolute Gasteiger partial charge is 0.320 e. The Balaban J connectivity index is 2.48. The molecule has 5 nitrogen and oxygen atoms in total. The van der Waals surface area contributed by atoms with E-state index in [-0.39, 0.29) is 12.2 Å². The van der Waals surface area contributed by atoms with E-state index in [4.69, 9.17) is 10.8 Å². The molecule has 5 heteroatoms. The first-order valence-corrected chi connectivity index (χ1v) is 5.27. The molecule has 0 saturated heterocycles. The molecule has 0 amide bonds. The molecule has 2 rings (SSSR count). The summed E-state index contributed by atoms with van der Waals surface area (Å²) in [6.07, 6.45) is 1.97. The number of hydrogen-bond acceptors (Lipinski definition) is 3. The van der Waals surface area contributed by atoms with Gasteiger partial charge in [0.15, 0.2) is 0 Å². The highest BCUT2D eigenvalue weighted by Crippen LogP contribution is 2.29. The van der Waals surface area contributed by atoms with Crippen LogP contribution in [-0.2, 0) is 11.2 Å². The van der Waals surface area contributed by atoms with Gasteiger partial charge in [-0.25, -0.2) is 0 Å². The maximum absolute atomic E-state index is 10.7. The van der Waals surface area contributed by atoms with Gasteiger partial charge in [-0.1, -0.05) is 0 Å². The number of H-pyrrole nitrogens is 1. The van der Waals surface area contributed by atoms with Crippen LogP contribution in [-0.4, -0.2) is 27.2 Å². The van der Waals surface area contributed by atoms with Gasteiger partial charge in [0, 0.05) is 29.1 Å². The molecule has 2 aromatic rings. The lowest BCUT2D eigenvalue weighted by molar-refractivity contribution is -0.138. The molecule has 90 valence electrons. The number of phenols is 1. The summed E-state index contributed by atoms with van der Waals surface area (Å²) in [4.78, 5) is 13.8. The average molecular weight is 234 g/mol. The van der Waals surface area contributed by atoms with Gasteiger partial charge in [0.2, 0.25) is 0 Å². The van der Waals surface area contributed by atoms with E-state index >= 15 is 0 Å². The van der Waals surface area contributed by atoms with E-state index in [0.717, 1.165) is 22.0 Å². The Morgan fingerprint density at radius 3 is 2.88 bits per heavy atom. The van der Waals surface area contributed by atoms with Crippen molar-refractivity contribution >= 4 is 16.9 Å². The zero-order valence-electron chi connectivity index (χ0n) is 9.40. The Kier molecular flexibility index (Phi) is 2.77. The Morgan fingerprint density at radius 1 is 1.53 bits per heavy atom. The topological polar surface area (TPSA) is 99.3 Å². The summed E-state index contributed by atoms with van der Waals surface area (Å²) in [5.41, 5.74) is 7.92. The van der Waals surface area contributed by atoms with E-state index in [0.29, 0.717) is 0 Å². The second-order valence-corrected chi connectivity index (χ2v) is 4.10. The molecule has 0 aliphatic carbocycles. The van der Waals surface area contributed by atoms with Gasteiger partial charge >= 0.3 is 5.97 Å². The molecule has 0 fully saturated rings. The standard InChI is InChI=1S/C12H14N2O3/c1-6-10(15)3-2-9-11(6)7(5-14-9)4-8(13)12(16)17/h2-3,5,8,14-15H,4,13H2,1H3,(H,16,17)/t8-/m0/s1. The molecule has 17 heavy (non-hydrogen) atoms. The van der Waals surface area contributed by atoms with Gasteiger partial charge in [0.05, 0.1) is 0 Å². The van der Waals surface area contributed by atoms with Crippen LogP contribution in [0.5, 0.6) is 5.75 Å². The maximum atomic E-state index is 10.7. The molecule has 0 aliphatic rings. The number of aryl methyl sites for hydroxylation is 1. The van der Waals surface area contributed by atoms with E-state index in [1.54, 1.807) is 25.3 Å². The number of aromatic hydroxyl groups is 1. The van der Waals surface area contributed by atoms with Crippen molar-refractivity contribution < 1.29 is 15.0 Å². The number of rotatable bonds is 3. The van der Waals surface area contributed by atoms with E-state index in [2.05, 4.69) is 4.98 Å². The van der Waals surface area contributed by atoms with Crippen LogP contribution in [0.4, 0.5) is 0 Å². The van der Waals surface area contributed by atoms with E-state index in [1.165, 1.54) is 0 Å². The first-order valence-electron chi connectivity index (χ1n) is 5.27. The van der Waals surface area contributed by atoms with E-state index < -0.39 is 12.0 Å². The number of nitrogens with two attached hydrogens (primary N) is 1. The number of benzene rings is 1. The normalized spacial score (nSPS) is 12.8. The second kappa shape index (κ2) is 4.10. The van der Waals surface area contributed by atoms with E-state index in [1.807, 2.05) is 0 Å². The highest BCUT2D eigenvalue weighted by Gasteiger charge is 2.16. The number of aromatic nitrogens is 1. The fourth-order valence-electron chi connectivity index (χ4n) is 1.96. The number of fused-ring (bicyclic) bond motifs is 1. The lowest BCUT2D eigenvalue weighted by Crippen LogP contribution is -2.32. The summed E-state index contributed by atoms with van der Waals surface area (Å²) >= 11 is 0. The van der Waals surface area contributed by atoms with Crippen LogP contribution in [0.25, 0.3) is 10.9 Å². The predicted octanol–water partition coefficient (Wildman–Crippen LogP) is 1.14. The number of aliphatic carboxylic acids is 1. The number of nitrogens with one attached hydrogen (secondary N) is 1. The SMILES string of the molecule is Cc1c(O)ccc2[nH]cc(C[C@H](N)C(=O)O)c12. The minimum Gasteiger partial charge on any atom is -0.508 e. The van der Waals surface area contributed by atoms with Gasteiger partial charge in [-0.3, -0.25) is 4.79 Å². The Labute approximate surface area is 97.9 Å². The molecule has 1 atom stereocenters. The van der Waals surface area contributed by atoms with Gasteiger partial charge < -0.3 is 20.9 Å². The molecule has 0 unspecified atom stereocenters. The summed E-state index contributed by atoms with van der Waals surface area (Å²) in [7, 11) is 0. The van der Waals surface area contributed by atoms with Gasteiger partial charge in [-0.15, -0.1) is 0 Å². The predicted molar refractivity (Wildman–Crippen MR) is 64.0 cm³/mol. The molecule has 1 aromatic heterocycles. The van der Waals surface area contributed by atoms with Crippen molar-refractivity contribution in [2.75, 3.05) is 0 Å². The maximum Gasteiger partial charge on any atom is 0.320 e. The van der Waals surface area contributed by atoms with E-state index in [9.17, 15) is 9.90 Å². The summed E-state index contributed by atoms with van der Waals surface area (Å²) in [5, 5.41) is 19.3. The highest BCUT2D eigenvalue weighted by molar-refractivity contribution is 5.89. The Morgan fingerprint density at radius 2 is 2.24 bits per heavy atom. The first kappa shape index (κ1) is 11.5. The highest BCUT2D eigenvalue weighted by atomic mass is 16.4. The largest absolute Gasteiger partial charge is 0.508 e. The molecule has 0 saturated carbocycles. The van der Waals surface area contributed by atoms with Crippen molar-refractivity contribution in [3.8, 4) is 5.75 Å². The minimum atomic E-state index is -1.03. The Hall–Kier alpha value is -2.01. The number of aromatic amines is 1. The Bertz CT molecular complexity index is 574. The molecule has 0 bridgehead atoms. The lowest BCUT2D eigenvalue weighted by atomic mass is 10.0. The molecule has 0 radical (unpaired) electrons. The van der Waals surface area contributed by atoms with Gasteiger partial charge in [-0.05, 0) is 24.6 Å². The van der Waals surface area contributed by atoms with Crippen LogP contribution in [0.3, 0.4) is 0 Å². The van der Waals surface area contributed by atoms with Crippen LogP contribution in [0.1, 0.15) is 11.1 Å². The third-order valence-corrected chi connectivity index (χ3v) is 2.92. The number of carbonyl (C=O) groups is 1. The zero-order chi connectivity index (χ0) is 12.6. The number of phenolic OH excluding ortho intramolecular Hbond substituents is 1. The fourth-order valence-corrected chi connectivity index (χ4v) is 1.96. The van der Waals surface area contributed by atoms with Crippen LogP contribution in [0, 0.1) is 6.92 Å². The van der Waals surface area contributed by atoms with Crippen molar-refractivity contribution in [3.63, 3.8) is 0 Å². The monoisotopic (exact) mass is 234 g/mol. The average Bonchev–Trinajstić information content (AvgIpc) is 2.67. The number of carboxylic acids is 1. The second-order valence-electron chi connectivity index (χ2n) is 4.10. The molecule has 5 N–H and O–H groups in total. The number of carboxylic acid groups (broad SMARTS) is 1. The third kappa shape index (κ3) is 1.97. The summed E-state index contributed by atoms with van der Waals surface area (Å²) in [6.45, 7) is 1.79. The summed E-state index contributed by atoms with van der Waals surface area (Å²) in [5.74, 6) is -0.834. The molecule has 1 aromatic carbocycles. The molecule has 0 spiro atoms. The first-order chi connectivity index (χ1) is 8.00. The van der Waals surface area contributed by atoms with Crippen molar-refractivity contribution in [1.29, 1.82) is 0 Å².